The lowest BCUT2D eigenvalue weighted by Crippen LogP contribution is -2.45. The van der Waals surface area contributed by atoms with Gasteiger partial charge in [-0.1, -0.05) is 18.2 Å². The molecule has 24 heavy (non-hydrogen) atoms. The van der Waals surface area contributed by atoms with E-state index in [2.05, 4.69) is 20.2 Å². The minimum atomic E-state index is -0.357. The lowest BCUT2D eigenvalue weighted by atomic mass is 10.0. The van der Waals surface area contributed by atoms with Gasteiger partial charge in [0.05, 0.1) is 13.2 Å². The number of piperidine rings is 1. The van der Waals surface area contributed by atoms with Crippen molar-refractivity contribution in [2.45, 2.75) is 25.6 Å². The van der Waals surface area contributed by atoms with Crippen LogP contribution in [0.5, 0.6) is 0 Å². The standard InChI is InChI=1S/C18H22N4O2/c1-14-19-16(21-15-5-3-2-4-6-15)13-17(20-14)22-9-7-18(8-10-22)23-11-12-24-18/h2-6,13H,7-12H2,1H3,(H,19,20,21). The van der Waals surface area contributed by atoms with Crippen LogP contribution >= 0.6 is 0 Å². The Hall–Kier alpha value is -2.18. The van der Waals surface area contributed by atoms with E-state index in [1.807, 2.05) is 43.3 Å². The molecular formula is C18H22N4O2. The zero-order chi connectivity index (χ0) is 16.4. The largest absolute Gasteiger partial charge is 0.356 e. The molecule has 0 atom stereocenters. The first-order chi connectivity index (χ1) is 11.7. The van der Waals surface area contributed by atoms with E-state index in [1.165, 1.54) is 0 Å². The van der Waals surface area contributed by atoms with E-state index in [-0.39, 0.29) is 5.79 Å². The van der Waals surface area contributed by atoms with Gasteiger partial charge < -0.3 is 19.7 Å². The molecule has 126 valence electrons. The normalized spacial score (nSPS) is 19.6. The Balaban J connectivity index is 1.49. The maximum absolute atomic E-state index is 5.80. The topological polar surface area (TPSA) is 59.5 Å². The number of ether oxygens (including phenoxy) is 2. The molecule has 2 fully saturated rings. The second-order valence-electron chi connectivity index (χ2n) is 6.24. The van der Waals surface area contributed by atoms with E-state index >= 15 is 0 Å². The van der Waals surface area contributed by atoms with Crippen molar-refractivity contribution in [1.82, 2.24) is 9.97 Å². The van der Waals surface area contributed by atoms with Crippen LogP contribution < -0.4 is 10.2 Å². The number of aryl methyl sites for hydroxylation is 1. The van der Waals surface area contributed by atoms with Gasteiger partial charge in [0.15, 0.2) is 5.79 Å². The summed E-state index contributed by atoms with van der Waals surface area (Å²) >= 11 is 0. The first-order valence-corrected chi connectivity index (χ1v) is 8.43. The molecule has 0 saturated carbocycles. The molecular weight excluding hydrogens is 304 g/mol. The fraction of sp³-hybridized carbons (Fsp3) is 0.444. The molecule has 0 aliphatic carbocycles. The highest BCUT2D eigenvalue weighted by Crippen LogP contribution is 2.33. The number of para-hydroxylation sites is 1. The van der Waals surface area contributed by atoms with Gasteiger partial charge in [-0.15, -0.1) is 0 Å². The van der Waals surface area contributed by atoms with Crippen molar-refractivity contribution in [3.63, 3.8) is 0 Å². The minimum Gasteiger partial charge on any atom is -0.356 e. The molecule has 1 aromatic carbocycles. The first kappa shape index (κ1) is 15.4. The van der Waals surface area contributed by atoms with Gasteiger partial charge in [-0.2, -0.15) is 0 Å². The Bertz CT molecular complexity index is 691. The lowest BCUT2D eigenvalue weighted by molar-refractivity contribution is -0.169. The Morgan fingerprint density at radius 1 is 1.04 bits per heavy atom. The third kappa shape index (κ3) is 3.20. The molecule has 1 N–H and O–H groups in total. The van der Waals surface area contributed by atoms with Crippen molar-refractivity contribution in [3.8, 4) is 0 Å². The highest BCUT2D eigenvalue weighted by molar-refractivity contribution is 5.59. The number of aromatic nitrogens is 2. The number of nitrogens with one attached hydrogen (secondary N) is 1. The number of rotatable bonds is 3. The summed E-state index contributed by atoms with van der Waals surface area (Å²) in [5.74, 6) is 2.18. The second-order valence-corrected chi connectivity index (χ2v) is 6.24. The molecule has 2 aliphatic heterocycles. The molecule has 3 heterocycles. The monoisotopic (exact) mass is 326 g/mol. The highest BCUT2D eigenvalue weighted by atomic mass is 16.7. The van der Waals surface area contributed by atoms with Gasteiger partial charge in [-0.3, -0.25) is 0 Å². The summed E-state index contributed by atoms with van der Waals surface area (Å²) in [5.41, 5.74) is 1.02. The molecule has 2 aliphatic rings. The van der Waals surface area contributed by atoms with E-state index in [1.54, 1.807) is 0 Å². The van der Waals surface area contributed by atoms with Gasteiger partial charge in [-0.25, -0.2) is 9.97 Å². The molecule has 6 heteroatoms. The van der Waals surface area contributed by atoms with Gasteiger partial charge in [-0.05, 0) is 19.1 Å². The zero-order valence-electron chi connectivity index (χ0n) is 13.9. The Kier molecular flexibility index (Phi) is 4.08. The number of hydrogen-bond acceptors (Lipinski definition) is 6. The van der Waals surface area contributed by atoms with Gasteiger partial charge in [0.1, 0.15) is 17.5 Å². The van der Waals surface area contributed by atoms with Gasteiger partial charge in [0, 0.05) is 37.7 Å². The summed E-state index contributed by atoms with van der Waals surface area (Å²) in [6.07, 6.45) is 1.75. The summed E-state index contributed by atoms with van der Waals surface area (Å²) in [4.78, 5) is 11.4. The molecule has 1 spiro atoms. The fourth-order valence-electron chi connectivity index (χ4n) is 3.31. The maximum atomic E-state index is 5.80. The fourth-order valence-corrected chi connectivity index (χ4v) is 3.31. The minimum absolute atomic E-state index is 0.357. The zero-order valence-corrected chi connectivity index (χ0v) is 13.9. The van der Waals surface area contributed by atoms with E-state index in [0.717, 1.165) is 49.1 Å². The van der Waals surface area contributed by atoms with Crippen molar-refractivity contribution in [3.05, 3.63) is 42.2 Å². The lowest BCUT2D eigenvalue weighted by Gasteiger charge is -2.38. The van der Waals surface area contributed by atoms with Crippen molar-refractivity contribution >= 4 is 17.3 Å². The van der Waals surface area contributed by atoms with Crippen molar-refractivity contribution < 1.29 is 9.47 Å². The van der Waals surface area contributed by atoms with Gasteiger partial charge >= 0.3 is 0 Å². The summed E-state index contributed by atoms with van der Waals surface area (Å²) in [7, 11) is 0. The quantitative estimate of drug-likeness (QED) is 0.936. The summed E-state index contributed by atoms with van der Waals surface area (Å²) in [6, 6.07) is 12.1. The Labute approximate surface area is 141 Å². The summed E-state index contributed by atoms with van der Waals surface area (Å²) < 4.78 is 11.6. The molecule has 4 rings (SSSR count). The molecule has 1 aromatic heterocycles. The number of benzene rings is 1. The van der Waals surface area contributed by atoms with Crippen LogP contribution in [0.4, 0.5) is 17.3 Å². The van der Waals surface area contributed by atoms with Crippen LogP contribution in [0.25, 0.3) is 0 Å². The number of hydrogen-bond donors (Lipinski definition) is 1. The smallest absolute Gasteiger partial charge is 0.171 e. The predicted octanol–water partition coefficient (Wildman–Crippen LogP) is 2.87. The molecule has 2 saturated heterocycles. The highest BCUT2D eigenvalue weighted by Gasteiger charge is 2.40. The molecule has 2 aromatic rings. The van der Waals surface area contributed by atoms with E-state index in [9.17, 15) is 0 Å². The van der Waals surface area contributed by atoms with E-state index < -0.39 is 0 Å². The summed E-state index contributed by atoms with van der Waals surface area (Å²) in [6.45, 7) is 5.09. The van der Waals surface area contributed by atoms with Crippen molar-refractivity contribution in [2.24, 2.45) is 0 Å². The first-order valence-electron chi connectivity index (χ1n) is 8.43. The van der Waals surface area contributed by atoms with E-state index in [0.29, 0.717) is 13.2 Å². The second kappa shape index (κ2) is 6.37. The number of anilines is 3. The molecule has 0 radical (unpaired) electrons. The molecule has 0 unspecified atom stereocenters. The predicted molar refractivity (Wildman–Crippen MR) is 92.6 cm³/mol. The molecule has 0 bridgehead atoms. The van der Waals surface area contributed by atoms with Crippen LogP contribution in [-0.2, 0) is 9.47 Å². The third-order valence-corrected chi connectivity index (χ3v) is 4.53. The van der Waals surface area contributed by atoms with Crippen LogP contribution in [0, 0.1) is 6.92 Å². The third-order valence-electron chi connectivity index (χ3n) is 4.53. The van der Waals surface area contributed by atoms with Crippen LogP contribution in [0.15, 0.2) is 36.4 Å². The maximum Gasteiger partial charge on any atom is 0.171 e. The summed E-state index contributed by atoms with van der Waals surface area (Å²) in [5, 5.41) is 3.35. The van der Waals surface area contributed by atoms with Crippen LogP contribution in [0.1, 0.15) is 18.7 Å². The Morgan fingerprint density at radius 3 is 2.46 bits per heavy atom. The van der Waals surface area contributed by atoms with Crippen molar-refractivity contribution in [1.29, 1.82) is 0 Å². The molecule has 0 amide bonds. The number of nitrogens with zero attached hydrogens (tertiary/aromatic N) is 3. The van der Waals surface area contributed by atoms with E-state index in [4.69, 9.17) is 9.47 Å². The van der Waals surface area contributed by atoms with Gasteiger partial charge in [0.2, 0.25) is 0 Å². The van der Waals surface area contributed by atoms with Crippen LogP contribution in [-0.4, -0.2) is 42.1 Å². The Morgan fingerprint density at radius 2 is 1.75 bits per heavy atom. The SMILES string of the molecule is Cc1nc(Nc2ccccc2)cc(N2CCC3(CC2)OCCO3)n1. The average molecular weight is 326 g/mol. The van der Waals surface area contributed by atoms with Gasteiger partial charge in [0.25, 0.3) is 0 Å². The van der Waals surface area contributed by atoms with Crippen molar-refractivity contribution in [2.75, 3.05) is 36.5 Å². The average Bonchev–Trinajstić information content (AvgIpc) is 3.04. The van der Waals surface area contributed by atoms with Crippen LogP contribution in [0.2, 0.25) is 0 Å². The molecule has 6 nitrogen and oxygen atoms in total. The van der Waals surface area contributed by atoms with Crippen LogP contribution in [0.3, 0.4) is 0 Å².